The number of hydrogen-bond donors (Lipinski definition) is 3. The predicted octanol–water partition coefficient (Wildman–Crippen LogP) is 2.62. The third kappa shape index (κ3) is 7.07. The maximum Gasteiger partial charge on any atom is 0.407 e. The normalized spacial score (nSPS) is 19.0. The minimum Gasteiger partial charge on any atom is -0.480 e. The second kappa shape index (κ2) is 11.6. The molecule has 3 atom stereocenters. The van der Waals surface area contributed by atoms with E-state index in [-0.39, 0.29) is 31.1 Å². The lowest BCUT2D eigenvalue weighted by molar-refractivity contribution is -0.124. The number of ether oxygens (including phenoxy) is 2. The quantitative estimate of drug-likeness (QED) is 0.531. The number of aliphatic hydroxyl groups excluding tert-OH is 1. The van der Waals surface area contributed by atoms with Crippen LogP contribution in [0.4, 0.5) is 10.5 Å². The fourth-order valence-electron chi connectivity index (χ4n) is 4.24. The fraction of sp³-hybridized carbons (Fsp3) is 0.538. The van der Waals surface area contributed by atoms with E-state index < -0.39 is 23.8 Å². The Kier molecular flexibility index (Phi) is 8.73. The molecule has 0 spiro atoms. The fourth-order valence-corrected chi connectivity index (χ4v) is 4.24. The zero-order chi connectivity index (χ0) is 26.5. The third-order valence-electron chi connectivity index (χ3n) is 5.84. The molecule has 1 aliphatic heterocycles. The molecule has 10 nitrogen and oxygen atoms in total. The number of fused-ring (bicyclic) bond motifs is 1. The number of benzene rings is 1. The van der Waals surface area contributed by atoms with Crippen LogP contribution in [-0.4, -0.2) is 65.0 Å². The molecule has 1 aromatic carbocycles. The summed E-state index contributed by atoms with van der Waals surface area (Å²) < 4.78 is 11.7. The minimum absolute atomic E-state index is 0.0355. The summed E-state index contributed by atoms with van der Waals surface area (Å²) in [5.74, 6) is 0.446. The number of anilines is 1. The van der Waals surface area contributed by atoms with Gasteiger partial charge in [-0.15, -0.1) is 0 Å². The summed E-state index contributed by atoms with van der Waals surface area (Å²) in [6, 6.07) is 6.56. The molecular formula is C26H37N5O5. The minimum atomic E-state index is -0.676. The lowest BCUT2D eigenvalue weighted by Crippen LogP contribution is -2.54. The Morgan fingerprint density at radius 2 is 2.06 bits per heavy atom. The van der Waals surface area contributed by atoms with Crippen molar-refractivity contribution in [3.05, 3.63) is 48.0 Å². The maximum atomic E-state index is 12.9. The van der Waals surface area contributed by atoms with Crippen molar-refractivity contribution < 1.29 is 24.2 Å². The molecule has 196 valence electrons. The number of aromatic nitrogens is 2. The van der Waals surface area contributed by atoms with Crippen LogP contribution in [-0.2, 0) is 16.0 Å². The van der Waals surface area contributed by atoms with Crippen molar-refractivity contribution >= 4 is 17.7 Å². The first-order chi connectivity index (χ1) is 17.0. The van der Waals surface area contributed by atoms with Crippen molar-refractivity contribution in [1.29, 1.82) is 0 Å². The van der Waals surface area contributed by atoms with E-state index in [2.05, 4.69) is 20.6 Å². The van der Waals surface area contributed by atoms with Crippen LogP contribution in [0.5, 0.6) is 5.75 Å². The van der Waals surface area contributed by atoms with E-state index in [0.717, 1.165) is 11.3 Å². The van der Waals surface area contributed by atoms with Crippen LogP contribution < -0.4 is 20.3 Å². The van der Waals surface area contributed by atoms with Crippen LogP contribution in [0.15, 0.2) is 36.8 Å². The number of alkyl carbamates (subject to hydrolysis) is 1. The van der Waals surface area contributed by atoms with Gasteiger partial charge in [-0.2, -0.15) is 0 Å². The van der Waals surface area contributed by atoms with Gasteiger partial charge in [-0.25, -0.2) is 14.8 Å². The molecule has 0 bridgehead atoms. The number of aliphatic hydroxyl groups is 1. The summed E-state index contributed by atoms with van der Waals surface area (Å²) in [5.41, 5.74) is 1.95. The zero-order valence-electron chi connectivity index (χ0n) is 21.8. The van der Waals surface area contributed by atoms with Gasteiger partial charge in [0.2, 0.25) is 5.91 Å². The average molecular weight is 500 g/mol. The van der Waals surface area contributed by atoms with Crippen LogP contribution in [0.1, 0.15) is 52.0 Å². The molecule has 3 N–H and O–H groups in total. The van der Waals surface area contributed by atoms with Crippen LogP contribution in [0.25, 0.3) is 0 Å². The Bertz CT molecular complexity index is 1040. The van der Waals surface area contributed by atoms with E-state index in [4.69, 9.17) is 9.47 Å². The molecule has 3 rings (SSSR count). The van der Waals surface area contributed by atoms with Crippen LogP contribution in [0, 0.1) is 5.92 Å². The number of amides is 2. The number of carbonyl (C=O) groups excluding carboxylic acids is 2. The van der Waals surface area contributed by atoms with Gasteiger partial charge >= 0.3 is 6.09 Å². The van der Waals surface area contributed by atoms with E-state index >= 15 is 0 Å². The van der Waals surface area contributed by atoms with Gasteiger partial charge in [-0.05, 0) is 50.8 Å². The molecule has 36 heavy (non-hydrogen) atoms. The summed E-state index contributed by atoms with van der Waals surface area (Å²) >= 11 is 0. The van der Waals surface area contributed by atoms with Gasteiger partial charge in [0, 0.05) is 30.5 Å². The average Bonchev–Trinajstić information content (AvgIpc) is 2.80. The molecule has 1 aromatic heterocycles. The molecule has 1 aliphatic rings. The van der Waals surface area contributed by atoms with Gasteiger partial charge in [-0.1, -0.05) is 19.9 Å². The number of carbonyl (C=O) groups is 2. The Labute approximate surface area is 212 Å². The third-order valence-corrected chi connectivity index (χ3v) is 5.84. The first-order valence-electron chi connectivity index (χ1n) is 12.1. The monoisotopic (exact) mass is 499 g/mol. The van der Waals surface area contributed by atoms with Gasteiger partial charge < -0.3 is 30.1 Å². The molecule has 2 amide bonds. The number of rotatable bonds is 7. The highest BCUT2D eigenvalue weighted by atomic mass is 16.6. The molecular weight excluding hydrogens is 462 g/mol. The maximum absolute atomic E-state index is 12.9. The van der Waals surface area contributed by atoms with Gasteiger partial charge in [0.25, 0.3) is 0 Å². The first-order valence-corrected chi connectivity index (χ1v) is 12.1. The van der Waals surface area contributed by atoms with Crippen LogP contribution in [0.2, 0.25) is 0 Å². The van der Waals surface area contributed by atoms with Crippen LogP contribution >= 0.6 is 0 Å². The van der Waals surface area contributed by atoms with E-state index in [1.807, 2.05) is 64.8 Å². The number of nitrogens with one attached hydrogen (secondary N) is 2. The lowest BCUT2D eigenvalue weighted by atomic mass is 9.95. The summed E-state index contributed by atoms with van der Waals surface area (Å²) in [6.07, 6.45) is 2.27. The van der Waals surface area contributed by atoms with E-state index in [1.165, 1.54) is 6.33 Å². The SMILES string of the molecule is CC(C)[C@H]1C(=O)N[C@H](CO)Cc2ccc(O[C@@H](COC(=O)NC(C)(C)C)c3ccncn3)cc2N1C. The molecule has 0 saturated heterocycles. The Hall–Kier alpha value is -3.40. The zero-order valence-corrected chi connectivity index (χ0v) is 21.8. The topological polar surface area (TPSA) is 126 Å². The molecule has 0 unspecified atom stereocenters. The summed E-state index contributed by atoms with van der Waals surface area (Å²) in [4.78, 5) is 35.4. The van der Waals surface area contributed by atoms with Crippen molar-refractivity contribution in [3.8, 4) is 5.75 Å². The summed E-state index contributed by atoms with van der Waals surface area (Å²) in [5, 5.41) is 15.5. The highest BCUT2D eigenvalue weighted by Crippen LogP contribution is 2.33. The Morgan fingerprint density at radius 1 is 1.31 bits per heavy atom. The largest absolute Gasteiger partial charge is 0.480 e. The van der Waals surface area contributed by atoms with Crippen molar-refractivity contribution in [2.24, 2.45) is 5.92 Å². The van der Waals surface area contributed by atoms with Crippen LogP contribution in [0.3, 0.4) is 0 Å². The van der Waals surface area contributed by atoms with Gasteiger partial charge in [-0.3, -0.25) is 4.79 Å². The smallest absolute Gasteiger partial charge is 0.407 e. The molecule has 0 fully saturated rings. The number of likely N-dealkylation sites (N-methyl/N-ethyl adjacent to an activating group) is 1. The molecule has 2 heterocycles. The molecule has 0 saturated carbocycles. The van der Waals surface area contributed by atoms with Crippen molar-refractivity contribution in [2.45, 2.75) is 64.8 Å². The molecule has 10 heteroatoms. The highest BCUT2D eigenvalue weighted by Gasteiger charge is 2.32. The van der Waals surface area contributed by atoms with Crippen molar-refractivity contribution in [1.82, 2.24) is 20.6 Å². The Morgan fingerprint density at radius 3 is 2.67 bits per heavy atom. The summed E-state index contributed by atoms with van der Waals surface area (Å²) in [7, 11) is 1.88. The lowest BCUT2D eigenvalue weighted by Gasteiger charge is -2.37. The van der Waals surface area contributed by atoms with Gasteiger partial charge in [0.1, 0.15) is 24.7 Å². The van der Waals surface area contributed by atoms with Gasteiger partial charge in [0.05, 0.1) is 18.3 Å². The molecule has 2 aromatic rings. The van der Waals surface area contributed by atoms with Crippen molar-refractivity contribution in [2.75, 3.05) is 25.2 Å². The predicted molar refractivity (Wildman–Crippen MR) is 136 cm³/mol. The van der Waals surface area contributed by atoms with E-state index in [1.54, 1.807) is 12.3 Å². The van der Waals surface area contributed by atoms with Gasteiger partial charge in [0.15, 0.2) is 6.10 Å². The summed E-state index contributed by atoms with van der Waals surface area (Å²) in [6.45, 7) is 9.37. The highest BCUT2D eigenvalue weighted by molar-refractivity contribution is 5.86. The second-order valence-electron chi connectivity index (χ2n) is 10.4. The second-order valence-corrected chi connectivity index (χ2v) is 10.4. The number of hydrogen-bond acceptors (Lipinski definition) is 8. The van der Waals surface area contributed by atoms with E-state index in [9.17, 15) is 14.7 Å². The first kappa shape index (κ1) is 27.2. The molecule has 0 aliphatic carbocycles. The molecule has 0 radical (unpaired) electrons. The number of nitrogens with zero attached hydrogens (tertiary/aromatic N) is 3. The Balaban J connectivity index is 1.90. The van der Waals surface area contributed by atoms with Crippen molar-refractivity contribution in [3.63, 3.8) is 0 Å². The van der Waals surface area contributed by atoms with E-state index in [0.29, 0.717) is 17.9 Å². The standard InChI is InChI=1S/C26H37N5O5/c1-16(2)23-24(33)29-18(13-32)11-17-7-8-19(12-21(17)31(23)6)36-22(20-9-10-27-15-28-20)14-35-25(34)30-26(3,4)5/h7-10,12,15-16,18,22-23,32H,11,13-14H2,1-6H3,(H,29,33)(H,30,34)/t18-,22-,23-/m0/s1.